The SMILES string of the molecule is Cc1cc(-n2nc3c(c2-n2ccn(-c4ccc5c(cnn5C)c4Cl)c2=O)[C@@H]2COC[C@H](C3)N2C(=O)c2cc3cc(C4CCOC5(CC5)C4)ccc3n2[C@@]2(c3noc(=O)[nH]3)C[C@@H]2C)cc(C)c1F. The summed E-state index contributed by atoms with van der Waals surface area (Å²) in [4.78, 5) is 48.1. The van der Waals surface area contributed by atoms with Gasteiger partial charge in [0.25, 0.3) is 5.91 Å². The number of imidazole rings is 1. The highest BCUT2D eigenvalue weighted by atomic mass is 35.5. The summed E-state index contributed by atoms with van der Waals surface area (Å²) in [5.74, 6) is -0.121. The highest BCUT2D eigenvalue weighted by Crippen LogP contribution is 2.57. The van der Waals surface area contributed by atoms with Gasteiger partial charge in [-0.25, -0.2) is 18.7 Å². The van der Waals surface area contributed by atoms with E-state index in [9.17, 15) is 9.59 Å². The van der Waals surface area contributed by atoms with Crippen molar-refractivity contribution in [3.63, 3.8) is 0 Å². The highest BCUT2D eigenvalue weighted by Gasteiger charge is 2.60. The average molecular weight is 925 g/mol. The lowest BCUT2D eigenvalue weighted by Crippen LogP contribution is -2.55. The zero-order chi connectivity index (χ0) is 45.8. The maximum atomic E-state index is 15.9. The number of aromatic amines is 1. The summed E-state index contributed by atoms with van der Waals surface area (Å²) in [6, 6.07) is 14.4. The van der Waals surface area contributed by atoms with Gasteiger partial charge in [-0.2, -0.15) is 10.2 Å². The third kappa shape index (κ3) is 5.89. The predicted molar refractivity (Wildman–Crippen MR) is 244 cm³/mol. The molecule has 4 fully saturated rings. The topological polar surface area (TPSA) is 165 Å². The minimum atomic E-state index is -0.853. The van der Waals surface area contributed by atoms with Crippen LogP contribution in [0.2, 0.25) is 5.02 Å². The zero-order valence-corrected chi connectivity index (χ0v) is 38.0. The molecule has 1 N–H and O–H groups in total. The lowest BCUT2D eigenvalue weighted by Gasteiger charge is -2.45. The summed E-state index contributed by atoms with van der Waals surface area (Å²) < 4.78 is 41.3. The molecule has 3 aromatic carbocycles. The van der Waals surface area contributed by atoms with Crippen LogP contribution in [-0.4, -0.2) is 85.7 Å². The van der Waals surface area contributed by atoms with E-state index in [4.69, 9.17) is 30.7 Å². The quantitative estimate of drug-likeness (QED) is 0.176. The molecule has 5 aliphatic rings. The first-order chi connectivity index (χ1) is 32.3. The van der Waals surface area contributed by atoms with Gasteiger partial charge in [-0.15, -0.1) is 0 Å². The summed E-state index contributed by atoms with van der Waals surface area (Å²) in [7, 11) is 1.83. The number of carbonyl (C=O) groups excluding carboxylic acids is 1. The number of nitrogens with one attached hydrogen (secondary N) is 1. The number of carbonyl (C=O) groups is 1. The van der Waals surface area contributed by atoms with Crippen LogP contribution in [0.1, 0.15) is 95.2 Å². The number of amides is 1. The van der Waals surface area contributed by atoms with Gasteiger partial charge < -0.3 is 18.9 Å². The van der Waals surface area contributed by atoms with Crippen molar-refractivity contribution in [2.45, 2.75) is 88.4 Å². The molecule has 5 atom stereocenters. The summed E-state index contributed by atoms with van der Waals surface area (Å²) >= 11 is 6.99. The van der Waals surface area contributed by atoms with Crippen LogP contribution < -0.4 is 11.4 Å². The van der Waals surface area contributed by atoms with Crippen molar-refractivity contribution < 1.29 is 23.2 Å². The summed E-state index contributed by atoms with van der Waals surface area (Å²) in [5.41, 5.74) is 5.23. The molecule has 18 heteroatoms. The van der Waals surface area contributed by atoms with Crippen LogP contribution in [0.3, 0.4) is 0 Å². The van der Waals surface area contributed by atoms with E-state index in [1.807, 2.05) is 24.1 Å². The number of ether oxygens (including phenoxy) is 2. The fourth-order valence-corrected chi connectivity index (χ4v) is 12.0. The second-order valence-corrected chi connectivity index (χ2v) is 19.8. The van der Waals surface area contributed by atoms with Gasteiger partial charge in [-0.1, -0.05) is 29.7 Å². The Bertz CT molecular complexity index is 3510. The Hall–Kier alpha value is -6.56. The number of nitrogens with zero attached hydrogens (tertiary/aromatic N) is 9. The number of rotatable bonds is 7. The van der Waals surface area contributed by atoms with Gasteiger partial charge in [0.05, 0.1) is 64.7 Å². The molecule has 2 saturated heterocycles. The second-order valence-electron chi connectivity index (χ2n) is 19.4. The molecule has 0 radical (unpaired) electrons. The van der Waals surface area contributed by atoms with Gasteiger partial charge in [0.15, 0.2) is 5.82 Å². The number of hydrogen-bond acceptors (Lipinski definition) is 9. The van der Waals surface area contributed by atoms with Gasteiger partial charge in [0.2, 0.25) is 0 Å². The molecule has 8 aromatic rings. The first-order valence-corrected chi connectivity index (χ1v) is 23.3. The number of hydrogen-bond donors (Lipinski definition) is 1. The van der Waals surface area contributed by atoms with Gasteiger partial charge in [0, 0.05) is 54.3 Å². The average Bonchev–Trinajstić information content (AvgIpc) is 3.73. The Kier molecular flexibility index (Phi) is 8.64. The van der Waals surface area contributed by atoms with Crippen molar-refractivity contribution in [3.05, 3.63) is 138 Å². The monoisotopic (exact) mass is 924 g/mol. The van der Waals surface area contributed by atoms with Crippen molar-refractivity contribution in [1.29, 1.82) is 0 Å². The predicted octanol–water partition coefficient (Wildman–Crippen LogP) is 7.09. The fraction of sp³-hybridized carbons (Fsp3) is 0.388. The molecule has 1 amide bonds. The van der Waals surface area contributed by atoms with E-state index < -0.39 is 29.1 Å². The van der Waals surface area contributed by atoms with Crippen LogP contribution in [0.25, 0.3) is 39.0 Å². The number of aromatic nitrogens is 9. The smallest absolute Gasteiger partial charge is 0.377 e. The molecule has 8 heterocycles. The van der Waals surface area contributed by atoms with Crippen molar-refractivity contribution in [1.82, 2.24) is 48.3 Å². The molecule has 16 nitrogen and oxygen atoms in total. The molecule has 342 valence electrons. The minimum Gasteiger partial charge on any atom is -0.377 e. The van der Waals surface area contributed by atoms with Crippen LogP contribution in [0.5, 0.6) is 0 Å². The maximum Gasteiger partial charge on any atom is 0.438 e. The van der Waals surface area contributed by atoms with Crippen molar-refractivity contribution in [2.24, 2.45) is 13.0 Å². The molecule has 2 saturated carbocycles. The van der Waals surface area contributed by atoms with Gasteiger partial charge in [0.1, 0.15) is 22.9 Å². The van der Waals surface area contributed by atoms with Gasteiger partial charge >= 0.3 is 11.4 Å². The van der Waals surface area contributed by atoms with Crippen molar-refractivity contribution in [2.75, 3.05) is 19.8 Å². The summed E-state index contributed by atoms with van der Waals surface area (Å²) in [6.07, 6.45) is 10.0. The molecular formula is C49H46ClFN10O6. The number of halogens is 2. The molecule has 67 heavy (non-hydrogen) atoms. The Morgan fingerprint density at radius 1 is 0.985 bits per heavy atom. The molecule has 2 bridgehead atoms. The maximum absolute atomic E-state index is 15.9. The Balaban J connectivity index is 0.979. The second kappa shape index (κ2) is 14.2. The van der Waals surface area contributed by atoms with Crippen molar-refractivity contribution >= 4 is 39.3 Å². The number of fused-ring (bicyclic) bond motifs is 6. The third-order valence-corrected chi connectivity index (χ3v) is 15.8. The molecular weight excluding hydrogens is 879 g/mol. The molecule has 3 aliphatic heterocycles. The molecule has 1 spiro atoms. The number of aryl methyl sites for hydroxylation is 3. The van der Waals surface area contributed by atoms with E-state index in [0.717, 1.165) is 48.7 Å². The summed E-state index contributed by atoms with van der Waals surface area (Å²) in [5, 5.41) is 15.7. The van der Waals surface area contributed by atoms with Gasteiger partial charge in [-0.05, 0) is 117 Å². The van der Waals surface area contributed by atoms with Crippen LogP contribution in [-0.2, 0) is 28.5 Å². The number of H-pyrrole nitrogens is 1. The van der Waals surface area contributed by atoms with Crippen LogP contribution in [0.15, 0.2) is 81.2 Å². The van der Waals surface area contributed by atoms with Gasteiger partial charge in [-0.3, -0.25) is 28.1 Å². The molecule has 13 rings (SSSR count). The highest BCUT2D eigenvalue weighted by molar-refractivity contribution is 6.37. The standard InChI is InChI=1S/C49H46ClFN10O6/c1-25-15-31(16-26(2)42(25)51)61-43(58-13-12-57(47(58)64)37-8-7-36-33(41(37)50)22-52-56(36)4)40-34(54-61)19-32-23-65-24-39(40)59(32)44(62)38-18-30-17-28(29-9-14-66-48(21-29)10-11-48)5-6-35(30)60(38)49(20-27(49)3)45-53-46(63)67-55-45/h5-8,12-13,15-18,22,27,29,32,39H,9-11,14,19-21,23-24H2,1-4H3,(H,53,55,63)/t27-,29?,32-,39-,49-/m0/s1. The molecule has 5 aromatic heterocycles. The van der Waals surface area contributed by atoms with Crippen LogP contribution in [0, 0.1) is 25.6 Å². The van der Waals surface area contributed by atoms with E-state index in [1.165, 1.54) is 14.7 Å². The van der Waals surface area contributed by atoms with E-state index in [2.05, 4.69) is 44.9 Å². The lowest BCUT2D eigenvalue weighted by molar-refractivity contribution is -0.0441. The zero-order valence-electron chi connectivity index (χ0n) is 37.3. The van der Waals surface area contributed by atoms with Crippen LogP contribution >= 0.6 is 11.6 Å². The first-order valence-electron chi connectivity index (χ1n) is 22.9. The summed E-state index contributed by atoms with van der Waals surface area (Å²) in [6.45, 7) is 6.60. The number of benzene rings is 3. The lowest BCUT2D eigenvalue weighted by atomic mass is 9.87. The third-order valence-electron chi connectivity index (χ3n) is 15.4. The first kappa shape index (κ1) is 40.7. The number of morpholine rings is 1. The Morgan fingerprint density at radius 2 is 1.76 bits per heavy atom. The van der Waals surface area contributed by atoms with E-state index >= 15 is 9.18 Å². The molecule has 1 unspecified atom stereocenters. The fourth-order valence-electron chi connectivity index (χ4n) is 11.7. The van der Waals surface area contributed by atoms with Crippen LogP contribution in [0.4, 0.5) is 4.39 Å². The van der Waals surface area contributed by atoms with Crippen molar-refractivity contribution in [3.8, 4) is 17.2 Å². The normalized spacial score (nSPS) is 23.9. The minimum absolute atomic E-state index is 0.00632. The largest absolute Gasteiger partial charge is 0.438 e. The Labute approximate surface area is 386 Å². The van der Waals surface area contributed by atoms with E-state index in [-0.39, 0.29) is 36.5 Å². The molecule has 2 aliphatic carbocycles. The van der Waals surface area contributed by atoms with E-state index in [0.29, 0.717) is 80.3 Å². The Morgan fingerprint density at radius 3 is 2.51 bits per heavy atom. The van der Waals surface area contributed by atoms with E-state index in [1.54, 1.807) is 60.0 Å².